The molecule has 0 heterocycles. The van der Waals surface area contributed by atoms with Crippen LogP contribution in [0.5, 0.6) is 0 Å². The highest BCUT2D eigenvalue weighted by Crippen LogP contribution is 2.24. The van der Waals surface area contributed by atoms with E-state index in [1.807, 2.05) is 0 Å². The summed E-state index contributed by atoms with van der Waals surface area (Å²) in [5.41, 5.74) is 6.75. The van der Waals surface area contributed by atoms with Gasteiger partial charge in [0.15, 0.2) is 0 Å². The molecule has 0 fully saturated rings. The van der Waals surface area contributed by atoms with Crippen LogP contribution in [0.15, 0.2) is 18.2 Å². The van der Waals surface area contributed by atoms with Crippen molar-refractivity contribution in [3.63, 3.8) is 0 Å². The summed E-state index contributed by atoms with van der Waals surface area (Å²) in [6.45, 7) is 0.160. The second kappa shape index (κ2) is 6.12. The van der Waals surface area contributed by atoms with Gasteiger partial charge in [-0.05, 0) is 18.6 Å². The number of rotatable bonds is 5. The molecule has 6 heteroatoms. The van der Waals surface area contributed by atoms with Crippen molar-refractivity contribution in [1.29, 1.82) is 0 Å². The molecule has 0 saturated heterocycles. The molecule has 1 aromatic rings. The summed E-state index contributed by atoms with van der Waals surface area (Å²) in [4.78, 5) is 0. The summed E-state index contributed by atoms with van der Waals surface area (Å²) >= 11 is 5.87. The van der Waals surface area contributed by atoms with E-state index >= 15 is 0 Å². The Kier molecular flexibility index (Phi) is 5.08. The Labute approximate surface area is 103 Å². The molecule has 0 spiro atoms. The minimum absolute atomic E-state index is 0.0319. The van der Waals surface area contributed by atoms with Crippen LogP contribution < -0.4 is 5.73 Å². The van der Waals surface area contributed by atoms with Crippen LogP contribution in [0.3, 0.4) is 0 Å². The second-order valence-corrected chi connectivity index (χ2v) is 3.99. The molecule has 0 radical (unpaired) electrons. The van der Waals surface area contributed by atoms with Crippen LogP contribution in [0.2, 0.25) is 5.02 Å². The Morgan fingerprint density at radius 3 is 2.59 bits per heavy atom. The first-order valence-electron chi connectivity index (χ1n) is 5.07. The molecular formula is C11H13ClF3NO. The van der Waals surface area contributed by atoms with Gasteiger partial charge in [-0.15, -0.1) is 0 Å². The maximum atomic E-state index is 11.8. The molecule has 1 rings (SSSR count). The number of benzene rings is 1. The third kappa shape index (κ3) is 5.28. The first-order valence-corrected chi connectivity index (χ1v) is 5.45. The van der Waals surface area contributed by atoms with Crippen molar-refractivity contribution >= 4 is 17.3 Å². The van der Waals surface area contributed by atoms with Gasteiger partial charge in [-0.25, -0.2) is 0 Å². The van der Waals surface area contributed by atoms with Gasteiger partial charge in [0.05, 0.1) is 6.61 Å². The van der Waals surface area contributed by atoms with Gasteiger partial charge in [0.1, 0.15) is 0 Å². The molecule has 0 atom stereocenters. The first-order chi connectivity index (χ1) is 7.90. The molecule has 17 heavy (non-hydrogen) atoms. The van der Waals surface area contributed by atoms with Crippen molar-refractivity contribution in [2.24, 2.45) is 0 Å². The second-order valence-electron chi connectivity index (χ2n) is 3.58. The zero-order valence-electron chi connectivity index (χ0n) is 9.06. The fourth-order valence-electron chi connectivity index (χ4n) is 1.28. The zero-order valence-corrected chi connectivity index (χ0v) is 9.81. The van der Waals surface area contributed by atoms with Crippen LogP contribution in [0, 0.1) is 0 Å². The highest BCUT2D eigenvalue weighted by Gasteiger charge is 2.25. The molecule has 96 valence electrons. The number of hydrogen-bond acceptors (Lipinski definition) is 2. The molecule has 0 unspecified atom stereocenters. The van der Waals surface area contributed by atoms with Gasteiger partial charge in [0, 0.05) is 29.3 Å². The fraction of sp³-hybridized carbons (Fsp3) is 0.455. The Morgan fingerprint density at radius 2 is 2.00 bits per heavy atom. The van der Waals surface area contributed by atoms with E-state index in [-0.39, 0.29) is 19.6 Å². The van der Waals surface area contributed by atoms with Gasteiger partial charge in [-0.1, -0.05) is 17.7 Å². The molecule has 0 amide bonds. The molecule has 0 aromatic heterocycles. The smallest absolute Gasteiger partial charge is 0.389 e. The standard InChI is InChI=1S/C11H13ClF3NO/c12-9-3-1-4-10(16)8(9)7-17-6-2-5-11(13,14)15/h1,3-4H,2,5-7,16H2. The van der Waals surface area contributed by atoms with Crippen molar-refractivity contribution in [1.82, 2.24) is 0 Å². The number of halogens is 4. The van der Waals surface area contributed by atoms with E-state index < -0.39 is 12.6 Å². The van der Waals surface area contributed by atoms with E-state index in [0.29, 0.717) is 16.3 Å². The van der Waals surface area contributed by atoms with Crippen LogP contribution in [0.25, 0.3) is 0 Å². The van der Waals surface area contributed by atoms with Gasteiger partial charge in [-0.3, -0.25) is 0 Å². The lowest BCUT2D eigenvalue weighted by atomic mass is 10.2. The molecule has 1 aromatic carbocycles. The number of ether oxygens (including phenoxy) is 1. The van der Waals surface area contributed by atoms with Gasteiger partial charge in [-0.2, -0.15) is 13.2 Å². The number of anilines is 1. The summed E-state index contributed by atoms with van der Waals surface area (Å²) < 4.78 is 40.6. The minimum Gasteiger partial charge on any atom is -0.398 e. The van der Waals surface area contributed by atoms with Crippen LogP contribution in [-0.4, -0.2) is 12.8 Å². The summed E-state index contributed by atoms with van der Waals surface area (Å²) in [6.07, 6.45) is -5.04. The average Bonchev–Trinajstić information content (AvgIpc) is 2.20. The Hall–Kier alpha value is -0.940. The van der Waals surface area contributed by atoms with E-state index in [2.05, 4.69) is 0 Å². The van der Waals surface area contributed by atoms with Crippen molar-refractivity contribution in [2.45, 2.75) is 25.6 Å². The van der Waals surface area contributed by atoms with E-state index in [1.165, 1.54) is 0 Å². The van der Waals surface area contributed by atoms with Crippen molar-refractivity contribution in [3.05, 3.63) is 28.8 Å². The maximum Gasteiger partial charge on any atom is 0.389 e. The molecule has 0 aliphatic rings. The predicted octanol–water partition coefficient (Wildman–Crippen LogP) is 3.78. The third-order valence-electron chi connectivity index (χ3n) is 2.15. The number of nitrogens with two attached hydrogens (primary N) is 1. The van der Waals surface area contributed by atoms with Crippen LogP contribution >= 0.6 is 11.6 Å². The monoisotopic (exact) mass is 267 g/mol. The highest BCUT2D eigenvalue weighted by atomic mass is 35.5. The van der Waals surface area contributed by atoms with Crippen molar-refractivity contribution in [2.75, 3.05) is 12.3 Å². The summed E-state index contributed by atoms with van der Waals surface area (Å²) in [5, 5.41) is 0.459. The van der Waals surface area contributed by atoms with Gasteiger partial charge in [0.2, 0.25) is 0 Å². The van der Waals surface area contributed by atoms with Crippen molar-refractivity contribution < 1.29 is 17.9 Å². The lowest BCUT2D eigenvalue weighted by Gasteiger charge is -2.09. The van der Waals surface area contributed by atoms with E-state index in [0.717, 1.165) is 0 Å². The fourth-order valence-corrected chi connectivity index (χ4v) is 1.51. The Balaban J connectivity index is 2.32. The van der Waals surface area contributed by atoms with Gasteiger partial charge >= 0.3 is 6.18 Å². The topological polar surface area (TPSA) is 35.2 Å². The van der Waals surface area contributed by atoms with Gasteiger partial charge < -0.3 is 10.5 Å². The normalized spacial score (nSPS) is 11.8. The van der Waals surface area contributed by atoms with E-state index in [9.17, 15) is 13.2 Å². The minimum atomic E-state index is -4.13. The molecule has 0 aliphatic carbocycles. The lowest BCUT2D eigenvalue weighted by molar-refractivity contribution is -0.138. The molecule has 2 N–H and O–H groups in total. The molecule has 0 bridgehead atoms. The van der Waals surface area contributed by atoms with Crippen LogP contribution in [0.1, 0.15) is 18.4 Å². The molecule has 2 nitrogen and oxygen atoms in total. The number of hydrogen-bond donors (Lipinski definition) is 1. The highest BCUT2D eigenvalue weighted by molar-refractivity contribution is 6.31. The van der Waals surface area contributed by atoms with Gasteiger partial charge in [0.25, 0.3) is 0 Å². The number of nitrogen functional groups attached to an aromatic ring is 1. The quantitative estimate of drug-likeness (QED) is 0.651. The molecule has 0 saturated carbocycles. The zero-order chi connectivity index (χ0) is 12.9. The Bertz CT molecular complexity index is 348. The maximum absolute atomic E-state index is 11.8. The van der Waals surface area contributed by atoms with E-state index in [1.54, 1.807) is 18.2 Å². The molecule has 0 aliphatic heterocycles. The van der Waals surface area contributed by atoms with Crippen LogP contribution in [0.4, 0.5) is 18.9 Å². The average molecular weight is 268 g/mol. The van der Waals surface area contributed by atoms with Crippen molar-refractivity contribution in [3.8, 4) is 0 Å². The predicted molar refractivity (Wildman–Crippen MR) is 60.8 cm³/mol. The lowest BCUT2D eigenvalue weighted by Crippen LogP contribution is -2.09. The summed E-state index contributed by atoms with van der Waals surface area (Å²) in [5.74, 6) is 0. The molecular weight excluding hydrogens is 255 g/mol. The number of alkyl halides is 3. The van der Waals surface area contributed by atoms with E-state index in [4.69, 9.17) is 22.1 Å². The third-order valence-corrected chi connectivity index (χ3v) is 2.50. The summed E-state index contributed by atoms with van der Waals surface area (Å²) in [6, 6.07) is 5.03. The van der Waals surface area contributed by atoms with Crippen LogP contribution in [-0.2, 0) is 11.3 Å². The first kappa shape index (κ1) is 14.1. The largest absolute Gasteiger partial charge is 0.398 e. The summed E-state index contributed by atoms with van der Waals surface area (Å²) in [7, 11) is 0. The SMILES string of the molecule is Nc1cccc(Cl)c1COCCCC(F)(F)F. The Morgan fingerprint density at radius 1 is 1.29 bits per heavy atom.